The fourth-order valence-electron chi connectivity index (χ4n) is 4.79. The lowest BCUT2D eigenvalue weighted by molar-refractivity contribution is -0.138. The molecule has 0 saturated carbocycles. The summed E-state index contributed by atoms with van der Waals surface area (Å²) in [6, 6.07) is 18.7. The highest BCUT2D eigenvalue weighted by Crippen LogP contribution is 2.49. The van der Waals surface area contributed by atoms with Crippen LogP contribution in [-0.4, -0.2) is 18.4 Å². The van der Waals surface area contributed by atoms with E-state index in [4.69, 9.17) is 21.1 Å². The molecule has 1 N–H and O–H groups in total. The predicted octanol–water partition coefficient (Wildman–Crippen LogP) is 7.58. The van der Waals surface area contributed by atoms with Gasteiger partial charge in [-0.15, -0.1) is 0 Å². The van der Waals surface area contributed by atoms with Gasteiger partial charge in [0, 0.05) is 38.9 Å². The number of carbonyl (C=O) groups is 2. The number of dihydropyridines is 1. The second-order valence-corrected chi connectivity index (χ2v) is 10.8. The maximum absolute atomic E-state index is 13.6. The summed E-state index contributed by atoms with van der Waals surface area (Å²) < 4.78 is 12.9. The van der Waals surface area contributed by atoms with Crippen LogP contribution in [0.15, 0.2) is 86.5 Å². The van der Waals surface area contributed by atoms with Gasteiger partial charge in [-0.1, -0.05) is 54.1 Å². The molecule has 0 saturated heterocycles. The molecule has 1 aliphatic heterocycles. The van der Waals surface area contributed by atoms with Crippen LogP contribution >= 0.6 is 43.5 Å². The van der Waals surface area contributed by atoms with E-state index in [0.29, 0.717) is 42.1 Å². The predicted molar refractivity (Wildman–Crippen MR) is 151 cm³/mol. The van der Waals surface area contributed by atoms with E-state index in [2.05, 4.69) is 37.2 Å². The molecule has 8 heteroatoms. The lowest BCUT2D eigenvalue weighted by Crippen LogP contribution is -2.29. The zero-order valence-corrected chi connectivity index (χ0v) is 24.0. The minimum Gasteiger partial charge on any atom is -0.486 e. The molecule has 3 aromatic carbocycles. The molecule has 0 aromatic heterocycles. The molecular weight excluding hydrogens is 622 g/mol. The molecule has 1 heterocycles. The van der Waals surface area contributed by atoms with Crippen molar-refractivity contribution in [1.82, 2.24) is 5.32 Å². The molecule has 2 aliphatic rings. The van der Waals surface area contributed by atoms with Crippen LogP contribution in [0.2, 0.25) is 5.02 Å². The van der Waals surface area contributed by atoms with Gasteiger partial charge in [-0.25, -0.2) is 4.79 Å². The van der Waals surface area contributed by atoms with Crippen molar-refractivity contribution in [3.05, 3.63) is 114 Å². The first-order valence-electron chi connectivity index (χ1n) is 11.7. The van der Waals surface area contributed by atoms with Gasteiger partial charge in [-0.05, 0) is 69.5 Å². The molecule has 0 bridgehead atoms. The number of fused-ring (bicyclic) bond motifs is 2. The van der Waals surface area contributed by atoms with E-state index < -0.39 is 11.9 Å². The summed E-state index contributed by atoms with van der Waals surface area (Å²) in [6.45, 7) is 4.10. The van der Waals surface area contributed by atoms with Gasteiger partial charge in [0.15, 0.2) is 5.78 Å². The number of hydrogen-bond acceptors (Lipinski definition) is 5. The Labute approximate surface area is 236 Å². The van der Waals surface area contributed by atoms with Gasteiger partial charge < -0.3 is 14.8 Å². The number of allylic oxidation sites excluding steroid dienone is 2. The van der Waals surface area contributed by atoms with Crippen molar-refractivity contribution < 1.29 is 19.1 Å². The number of nitrogens with one attached hydrogen (secondary N) is 1. The Bertz CT molecular complexity index is 1490. The normalized spacial score (nSPS) is 16.4. The van der Waals surface area contributed by atoms with E-state index in [-0.39, 0.29) is 19.0 Å². The molecule has 0 fully saturated rings. The number of rotatable bonds is 6. The summed E-state index contributed by atoms with van der Waals surface area (Å²) in [7, 11) is 0. The Balaban J connectivity index is 1.59. The fraction of sp³-hybridized carbons (Fsp3) is 0.172. The summed E-state index contributed by atoms with van der Waals surface area (Å²) >= 11 is 13.6. The first-order chi connectivity index (χ1) is 17.8. The van der Waals surface area contributed by atoms with Gasteiger partial charge >= 0.3 is 5.97 Å². The smallest absolute Gasteiger partial charge is 0.336 e. The summed E-state index contributed by atoms with van der Waals surface area (Å²) in [5, 5.41) is 3.94. The van der Waals surface area contributed by atoms with Crippen molar-refractivity contribution in [3.8, 4) is 5.75 Å². The summed E-state index contributed by atoms with van der Waals surface area (Å²) in [5.41, 5.74) is 5.36. The average molecular weight is 644 g/mol. The molecule has 1 atom stereocenters. The summed E-state index contributed by atoms with van der Waals surface area (Å²) in [5.74, 6) is -0.602. The maximum atomic E-state index is 13.6. The highest BCUT2D eigenvalue weighted by Gasteiger charge is 2.43. The van der Waals surface area contributed by atoms with Crippen molar-refractivity contribution in [2.45, 2.75) is 26.4 Å². The van der Waals surface area contributed by atoms with Crippen LogP contribution in [0.4, 0.5) is 0 Å². The first-order valence-corrected chi connectivity index (χ1v) is 13.7. The van der Waals surface area contributed by atoms with Crippen molar-refractivity contribution in [2.75, 3.05) is 6.61 Å². The van der Waals surface area contributed by atoms with Crippen LogP contribution in [0, 0.1) is 0 Å². The van der Waals surface area contributed by atoms with E-state index >= 15 is 0 Å². The highest BCUT2D eigenvalue weighted by molar-refractivity contribution is 9.11. The highest BCUT2D eigenvalue weighted by atomic mass is 79.9. The van der Waals surface area contributed by atoms with Crippen LogP contribution < -0.4 is 10.1 Å². The largest absolute Gasteiger partial charge is 0.486 e. The monoisotopic (exact) mass is 641 g/mol. The third-order valence-electron chi connectivity index (χ3n) is 6.43. The van der Waals surface area contributed by atoms with Gasteiger partial charge in [-0.2, -0.15) is 0 Å². The van der Waals surface area contributed by atoms with Crippen molar-refractivity contribution >= 4 is 60.9 Å². The Morgan fingerprint density at radius 3 is 2.35 bits per heavy atom. The molecule has 0 unspecified atom stereocenters. The van der Waals surface area contributed by atoms with E-state index in [0.717, 1.165) is 22.4 Å². The number of halogens is 3. The SMILES string of the molecule is CCOC(=O)C1=C(C)NC2=C(C(=O)c3ccccc32)[C@@H]1c1cc(Br)c(OCc2ccccc2Cl)c(Br)c1. The third-order valence-corrected chi connectivity index (χ3v) is 7.97. The Hall–Kier alpha value is -2.87. The maximum Gasteiger partial charge on any atom is 0.336 e. The number of ketones is 1. The van der Waals surface area contributed by atoms with E-state index in [1.54, 1.807) is 6.92 Å². The number of esters is 1. The molecule has 188 valence electrons. The number of benzene rings is 3. The molecular formula is C29H22Br2ClNO4. The second kappa shape index (κ2) is 10.5. The zero-order chi connectivity index (χ0) is 26.3. The molecule has 5 nitrogen and oxygen atoms in total. The number of Topliss-reactive ketones (excluding diaryl/α,β-unsaturated/α-hetero) is 1. The molecule has 1 aliphatic carbocycles. The van der Waals surface area contributed by atoms with E-state index in [9.17, 15) is 9.59 Å². The van der Waals surface area contributed by atoms with Crippen molar-refractivity contribution in [2.24, 2.45) is 0 Å². The molecule has 37 heavy (non-hydrogen) atoms. The van der Waals surface area contributed by atoms with Gasteiger partial charge in [0.05, 0.1) is 26.8 Å². The third kappa shape index (κ3) is 4.65. The molecule has 0 radical (unpaired) electrons. The Morgan fingerprint density at radius 2 is 1.68 bits per heavy atom. The Kier molecular flexibility index (Phi) is 7.30. The van der Waals surface area contributed by atoms with Crippen LogP contribution in [-0.2, 0) is 16.1 Å². The van der Waals surface area contributed by atoms with Gasteiger partial charge in [0.25, 0.3) is 0 Å². The quantitative estimate of drug-likeness (QED) is 0.281. The molecule has 5 rings (SSSR count). The molecule has 0 spiro atoms. The topological polar surface area (TPSA) is 64.6 Å². The van der Waals surface area contributed by atoms with Crippen LogP contribution in [0.3, 0.4) is 0 Å². The molecule has 0 amide bonds. The van der Waals surface area contributed by atoms with Crippen molar-refractivity contribution in [1.29, 1.82) is 0 Å². The lowest BCUT2D eigenvalue weighted by Gasteiger charge is -2.29. The number of hydrogen-bond donors (Lipinski definition) is 1. The standard InChI is InChI=1S/C29H22Br2ClNO4/c1-3-36-29(35)23-15(2)33-26-18-9-5-6-10-19(18)27(34)25(26)24(23)17-12-20(30)28(21(31)13-17)37-14-16-8-4-7-11-22(16)32/h4-13,24,33H,3,14H2,1-2H3/t24-/m1/s1. The minimum atomic E-state index is -0.625. The first kappa shape index (κ1) is 25.8. The number of carbonyl (C=O) groups excluding carboxylic acids is 2. The van der Waals surface area contributed by atoms with E-state index in [1.807, 2.05) is 67.6 Å². The number of ether oxygens (including phenoxy) is 2. The van der Waals surface area contributed by atoms with Crippen LogP contribution in [0.25, 0.3) is 5.70 Å². The fourth-order valence-corrected chi connectivity index (χ4v) is 6.43. The van der Waals surface area contributed by atoms with Crippen LogP contribution in [0.5, 0.6) is 5.75 Å². The summed E-state index contributed by atoms with van der Waals surface area (Å²) in [6.07, 6.45) is 0. The van der Waals surface area contributed by atoms with Gasteiger partial charge in [0.1, 0.15) is 12.4 Å². The average Bonchev–Trinajstić information content (AvgIpc) is 3.15. The molecule has 3 aromatic rings. The lowest BCUT2D eigenvalue weighted by atomic mass is 9.80. The van der Waals surface area contributed by atoms with Gasteiger partial charge in [0.2, 0.25) is 0 Å². The van der Waals surface area contributed by atoms with E-state index in [1.165, 1.54) is 0 Å². The van der Waals surface area contributed by atoms with Crippen LogP contribution in [0.1, 0.15) is 46.8 Å². The second-order valence-electron chi connectivity index (χ2n) is 8.67. The minimum absolute atomic E-state index is 0.108. The summed E-state index contributed by atoms with van der Waals surface area (Å²) in [4.78, 5) is 26.8. The van der Waals surface area contributed by atoms with Gasteiger partial charge in [-0.3, -0.25) is 4.79 Å². The Morgan fingerprint density at radius 1 is 1.03 bits per heavy atom. The van der Waals surface area contributed by atoms with Crippen molar-refractivity contribution in [3.63, 3.8) is 0 Å². The zero-order valence-electron chi connectivity index (χ0n) is 20.0.